The Kier molecular flexibility index (Phi) is 2.80. The van der Waals surface area contributed by atoms with Crippen LogP contribution >= 0.6 is 0 Å². The summed E-state index contributed by atoms with van der Waals surface area (Å²) in [6.07, 6.45) is 1.68. The van der Waals surface area contributed by atoms with Crippen LogP contribution in [0.1, 0.15) is 12.6 Å². The molecular weight excluding hydrogens is 152 g/mol. The van der Waals surface area contributed by atoms with E-state index in [1.54, 1.807) is 20.2 Å². The molecule has 1 aromatic heterocycles. The highest BCUT2D eigenvalue weighted by atomic mass is 16.5. The molecule has 0 spiro atoms. The number of aromatic nitrogens is 1. The molecule has 0 bridgehead atoms. The van der Waals surface area contributed by atoms with Crippen LogP contribution in [0.25, 0.3) is 0 Å². The van der Waals surface area contributed by atoms with Gasteiger partial charge in [0.25, 0.3) is 0 Å². The van der Waals surface area contributed by atoms with E-state index < -0.39 is 0 Å². The number of pyridine rings is 1. The first-order chi connectivity index (χ1) is 5.72. The van der Waals surface area contributed by atoms with Crippen molar-refractivity contribution in [3.8, 4) is 5.75 Å². The Morgan fingerprint density at radius 3 is 2.75 bits per heavy atom. The second kappa shape index (κ2) is 3.85. The van der Waals surface area contributed by atoms with Crippen LogP contribution < -0.4 is 4.74 Å². The van der Waals surface area contributed by atoms with Crippen molar-refractivity contribution in [3.05, 3.63) is 24.0 Å². The van der Waals surface area contributed by atoms with E-state index in [9.17, 15) is 0 Å². The fourth-order valence-electron chi connectivity index (χ4n) is 0.731. The molecule has 0 saturated carbocycles. The van der Waals surface area contributed by atoms with Crippen LogP contribution in [0.15, 0.2) is 23.3 Å². The van der Waals surface area contributed by atoms with Crippen molar-refractivity contribution in [1.29, 1.82) is 0 Å². The molecule has 3 heteroatoms. The third-order valence-electron chi connectivity index (χ3n) is 1.46. The second-order valence-corrected chi connectivity index (χ2v) is 2.48. The van der Waals surface area contributed by atoms with E-state index in [1.165, 1.54) is 0 Å². The number of nitrogens with zero attached hydrogens (tertiary/aromatic N) is 2. The van der Waals surface area contributed by atoms with Gasteiger partial charge in [0.05, 0.1) is 6.20 Å². The van der Waals surface area contributed by atoms with Crippen LogP contribution in [0.3, 0.4) is 0 Å². The molecule has 12 heavy (non-hydrogen) atoms. The van der Waals surface area contributed by atoms with Crippen molar-refractivity contribution >= 4 is 5.90 Å². The van der Waals surface area contributed by atoms with Crippen molar-refractivity contribution in [2.45, 2.75) is 13.8 Å². The monoisotopic (exact) mass is 164 g/mol. The zero-order chi connectivity index (χ0) is 8.97. The molecule has 0 N–H and O–H groups in total. The number of rotatable bonds is 1. The standard InChI is InChI=1S/C9H12N2O/c1-7-4-5-9(6-11-7)12-8(2)10-3/h4-6H,1-3H3. The van der Waals surface area contributed by atoms with Gasteiger partial charge in [-0.15, -0.1) is 0 Å². The van der Waals surface area contributed by atoms with Gasteiger partial charge < -0.3 is 4.74 Å². The summed E-state index contributed by atoms with van der Waals surface area (Å²) < 4.78 is 5.31. The molecule has 0 aliphatic carbocycles. The summed E-state index contributed by atoms with van der Waals surface area (Å²) in [4.78, 5) is 7.96. The molecule has 0 atom stereocenters. The van der Waals surface area contributed by atoms with E-state index in [-0.39, 0.29) is 0 Å². The van der Waals surface area contributed by atoms with Gasteiger partial charge in [-0.05, 0) is 19.1 Å². The second-order valence-electron chi connectivity index (χ2n) is 2.48. The topological polar surface area (TPSA) is 34.5 Å². The van der Waals surface area contributed by atoms with Gasteiger partial charge in [-0.3, -0.25) is 9.98 Å². The van der Waals surface area contributed by atoms with Crippen LogP contribution in [0, 0.1) is 6.92 Å². The van der Waals surface area contributed by atoms with E-state index in [1.807, 2.05) is 19.1 Å². The fraction of sp³-hybridized carbons (Fsp3) is 0.333. The fourth-order valence-corrected chi connectivity index (χ4v) is 0.731. The van der Waals surface area contributed by atoms with Crippen LogP contribution in [-0.4, -0.2) is 17.9 Å². The molecule has 0 unspecified atom stereocenters. The van der Waals surface area contributed by atoms with Crippen molar-refractivity contribution in [1.82, 2.24) is 4.98 Å². The number of aliphatic imine (C=N–C) groups is 1. The zero-order valence-corrected chi connectivity index (χ0v) is 7.53. The van der Waals surface area contributed by atoms with Gasteiger partial charge >= 0.3 is 0 Å². The molecule has 0 fully saturated rings. The largest absolute Gasteiger partial charge is 0.442 e. The quantitative estimate of drug-likeness (QED) is 0.468. The summed E-state index contributed by atoms with van der Waals surface area (Å²) in [6, 6.07) is 3.77. The summed E-state index contributed by atoms with van der Waals surface area (Å²) in [6.45, 7) is 3.74. The van der Waals surface area contributed by atoms with E-state index in [0.29, 0.717) is 5.90 Å². The average Bonchev–Trinajstić information content (AvgIpc) is 2.09. The summed E-state index contributed by atoms with van der Waals surface area (Å²) in [5.74, 6) is 1.37. The van der Waals surface area contributed by atoms with Crippen molar-refractivity contribution in [2.75, 3.05) is 7.05 Å². The zero-order valence-electron chi connectivity index (χ0n) is 7.53. The normalized spacial score (nSPS) is 11.4. The first-order valence-corrected chi connectivity index (χ1v) is 3.76. The molecule has 0 saturated heterocycles. The molecule has 0 radical (unpaired) electrons. The van der Waals surface area contributed by atoms with Crippen molar-refractivity contribution in [3.63, 3.8) is 0 Å². The molecule has 1 rings (SSSR count). The molecular formula is C9H12N2O. The van der Waals surface area contributed by atoms with E-state index >= 15 is 0 Å². The lowest BCUT2D eigenvalue weighted by atomic mass is 10.4. The Morgan fingerprint density at radius 2 is 2.25 bits per heavy atom. The summed E-state index contributed by atoms with van der Waals surface area (Å²) in [7, 11) is 1.69. The molecule has 64 valence electrons. The Hall–Kier alpha value is -1.38. The molecule has 0 aliphatic heterocycles. The van der Waals surface area contributed by atoms with Gasteiger partial charge in [-0.1, -0.05) is 0 Å². The number of hydrogen-bond acceptors (Lipinski definition) is 3. The van der Waals surface area contributed by atoms with Gasteiger partial charge in [0.2, 0.25) is 0 Å². The molecule has 0 aromatic carbocycles. The third kappa shape index (κ3) is 2.34. The average molecular weight is 164 g/mol. The minimum absolute atomic E-state index is 0.639. The lowest BCUT2D eigenvalue weighted by Crippen LogP contribution is -2.02. The molecule has 1 aromatic rings. The summed E-state index contributed by atoms with van der Waals surface area (Å²) >= 11 is 0. The summed E-state index contributed by atoms with van der Waals surface area (Å²) in [5, 5.41) is 0. The Morgan fingerprint density at radius 1 is 1.50 bits per heavy atom. The van der Waals surface area contributed by atoms with Crippen molar-refractivity contribution in [2.24, 2.45) is 4.99 Å². The summed E-state index contributed by atoms with van der Waals surface area (Å²) in [5.41, 5.74) is 0.980. The maximum Gasteiger partial charge on any atom is 0.186 e. The van der Waals surface area contributed by atoms with E-state index in [0.717, 1.165) is 11.4 Å². The smallest absolute Gasteiger partial charge is 0.186 e. The number of aryl methyl sites for hydroxylation is 1. The minimum Gasteiger partial charge on any atom is -0.442 e. The highest BCUT2D eigenvalue weighted by molar-refractivity contribution is 5.75. The maximum atomic E-state index is 5.31. The predicted molar refractivity (Wildman–Crippen MR) is 48.6 cm³/mol. The Balaban J connectivity index is 2.71. The first-order valence-electron chi connectivity index (χ1n) is 3.76. The lowest BCUT2D eigenvalue weighted by Gasteiger charge is -2.02. The SMILES string of the molecule is CN=C(C)Oc1ccc(C)nc1. The molecule has 1 heterocycles. The van der Waals surface area contributed by atoms with Gasteiger partial charge in [0.1, 0.15) is 5.75 Å². The van der Waals surface area contributed by atoms with Crippen LogP contribution in [0.5, 0.6) is 5.75 Å². The minimum atomic E-state index is 0.639. The molecule has 3 nitrogen and oxygen atoms in total. The molecule has 0 amide bonds. The van der Waals surface area contributed by atoms with Gasteiger partial charge in [0.15, 0.2) is 5.90 Å². The maximum absolute atomic E-state index is 5.31. The van der Waals surface area contributed by atoms with E-state index in [2.05, 4.69) is 9.98 Å². The van der Waals surface area contributed by atoms with Crippen LogP contribution in [0.4, 0.5) is 0 Å². The molecule has 0 aliphatic rings. The van der Waals surface area contributed by atoms with Crippen LogP contribution in [-0.2, 0) is 0 Å². The lowest BCUT2D eigenvalue weighted by molar-refractivity contribution is 0.542. The number of hydrogen-bond donors (Lipinski definition) is 0. The van der Waals surface area contributed by atoms with Crippen LogP contribution in [0.2, 0.25) is 0 Å². The highest BCUT2D eigenvalue weighted by Crippen LogP contribution is 2.08. The van der Waals surface area contributed by atoms with E-state index in [4.69, 9.17) is 4.74 Å². The van der Waals surface area contributed by atoms with Gasteiger partial charge in [-0.25, -0.2) is 0 Å². The van der Waals surface area contributed by atoms with Gasteiger partial charge in [-0.2, -0.15) is 0 Å². The highest BCUT2D eigenvalue weighted by Gasteiger charge is 1.94. The first kappa shape index (κ1) is 8.71. The van der Waals surface area contributed by atoms with Gasteiger partial charge in [0, 0.05) is 19.7 Å². The Labute approximate surface area is 72.1 Å². The number of ether oxygens (including phenoxy) is 1. The predicted octanol–water partition coefficient (Wildman–Crippen LogP) is 1.82. The Bertz CT molecular complexity index is 277. The van der Waals surface area contributed by atoms with Crippen molar-refractivity contribution < 1.29 is 4.74 Å². The third-order valence-corrected chi connectivity index (χ3v) is 1.46.